The zero-order chi connectivity index (χ0) is 16.4. The number of aromatic nitrogens is 3. The summed E-state index contributed by atoms with van der Waals surface area (Å²) in [7, 11) is 0. The highest BCUT2D eigenvalue weighted by Gasteiger charge is 2.18. The molecule has 3 heterocycles. The molecule has 0 radical (unpaired) electrons. The van der Waals surface area contributed by atoms with Gasteiger partial charge < -0.3 is 15.0 Å². The van der Waals surface area contributed by atoms with Gasteiger partial charge >= 0.3 is 0 Å². The molecule has 1 aliphatic heterocycles. The summed E-state index contributed by atoms with van der Waals surface area (Å²) in [6.07, 6.45) is 2.60. The summed E-state index contributed by atoms with van der Waals surface area (Å²) in [5.41, 5.74) is 6.27. The Bertz CT molecular complexity index is 893. The predicted molar refractivity (Wildman–Crippen MR) is 91.8 cm³/mol. The van der Waals surface area contributed by atoms with Crippen molar-refractivity contribution in [3.63, 3.8) is 0 Å². The Hall–Kier alpha value is -2.86. The zero-order valence-electron chi connectivity index (χ0n) is 13.1. The second-order valence-corrected chi connectivity index (χ2v) is 5.83. The molecule has 0 spiro atoms. The third kappa shape index (κ3) is 2.96. The van der Waals surface area contributed by atoms with E-state index in [1.165, 1.54) is 11.8 Å². The van der Waals surface area contributed by atoms with Gasteiger partial charge in [-0.25, -0.2) is 0 Å². The monoisotopic (exact) mass is 322 g/mol. The zero-order valence-corrected chi connectivity index (χ0v) is 13.1. The van der Waals surface area contributed by atoms with E-state index in [-0.39, 0.29) is 5.56 Å². The molecule has 24 heavy (non-hydrogen) atoms. The van der Waals surface area contributed by atoms with Crippen LogP contribution < -0.4 is 10.9 Å². The Morgan fingerprint density at radius 1 is 1.25 bits per heavy atom. The number of fused-ring (bicyclic) bond motifs is 1. The summed E-state index contributed by atoms with van der Waals surface area (Å²) in [5.74, 6) is 0. The number of aromatic amines is 2. The number of ether oxygens (including phenoxy) is 1. The standard InChI is InChI=1S/C18H18N4O2/c23-17-5-4-12(10-20-17)9-19-14-3-1-2-13(8-14)18-15-11-24-7-6-16(15)21-22-18/h1-5,8,10,19H,6-7,9,11H2,(H,20,23)(H,21,22). The average molecular weight is 322 g/mol. The van der Waals surface area contributed by atoms with Gasteiger partial charge in [0.25, 0.3) is 0 Å². The van der Waals surface area contributed by atoms with E-state index >= 15 is 0 Å². The first kappa shape index (κ1) is 14.7. The van der Waals surface area contributed by atoms with Crippen LogP contribution in [0.3, 0.4) is 0 Å². The molecule has 4 rings (SSSR count). The number of pyridine rings is 1. The quantitative estimate of drug-likeness (QED) is 0.689. The van der Waals surface area contributed by atoms with Crippen LogP contribution in [0.1, 0.15) is 16.8 Å². The van der Waals surface area contributed by atoms with Crippen LogP contribution >= 0.6 is 0 Å². The summed E-state index contributed by atoms with van der Waals surface area (Å²) in [6.45, 7) is 1.99. The third-order valence-electron chi connectivity index (χ3n) is 4.18. The van der Waals surface area contributed by atoms with Crippen LogP contribution in [0.15, 0.2) is 47.4 Å². The van der Waals surface area contributed by atoms with E-state index in [0.29, 0.717) is 13.2 Å². The molecule has 6 nitrogen and oxygen atoms in total. The normalized spacial score (nSPS) is 13.5. The summed E-state index contributed by atoms with van der Waals surface area (Å²) in [5, 5.41) is 11.0. The van der Waals surface area contributed by atoms with Gasteiger partial charge in [0.2, 0.25) is 5.56 Å². The molecule has 3 aromatic rings. The number of nitrogens with zero attached hydrogens (tertiary/aromatic N) is 1. The molecule has 122 valence electrons. The van der Waals surface area contributed by atoms with Crippen LogP contribution in [0.25, 0.3) is 11.3 Å². The SMILES string of the molecule is O=c1ccc(CNc2cccc(-c3n[nH]c4c3COCC4)c2)c[nH]1. The fourth-order valence-electron chi connectivity index (χ4n) is 2.88. The Labute approximate surface area is 138 Å². The minimum Gasteiger partial charge on any atom is -0.381 e. The van der Waals surface area contributed by atoms with Crippen LogP contribution in [-0.4, -0.2) is 21.8 Å². The number of nitrogens with one attached hydrogen (secondary N) is 3. The summed E-state index contributed by atoms with van der Waals surface area (Å²) >= 11 is 0. The van der Waals surface area contributed by atoms with Crippen molar-refractivity contribution >= 4 is 5.69 Å². The minimum atomic E-state index is -0.0914. The number of H-pyrrole nitrogens is 2. The smallest absolute Gasteiger partial charge is 0.247 e. The predicted octanol–water partition coefficient (Wildman–Crippen LogP) is 2.45. The molecule has 0 bridgehead atoms. The van der Waals surface area contributed by atoms with Crippen molar-refractivity contribution in [2.24, 2.45) is 0 Å². The average Bonchev–Trinajstić information content (AvgIpc) is 3.06. The Balaban J connectivity index is 1.54. The molecule has 1 aliphatic rings. The lowest BCUT2D eigenvalue weighted by atomic mass is 10.0. The molecule has 0 saturated carbocycles. The lowest BCUT2D eigenvalue weighted by Crippen LogP contribution is -2.09. The number of anilines is 1. The second-order valence-electron chi connectivity index (χ2n) is 5.83. The van der Waals surface area contributed by atoms with Crippen LogP contribution in [0.4, 0.5) is 5.69 Å². The first-order chi connectivity index (χ1) is 11.8. The van der Waals surface area contributed by atoms with Crippen molar-refractivity contribution in [3.8, 4) is 11.3 Å². The highest BCUT2D eigenvalue weighted by atomic mass is 16.5. The molecule has 1 aromatic carbocycles. The van der Waals surface area contributed by atoms with Gasteiger partial charge in [0.05, 0.1) is 18.9 Å². The van der Waals surface area contributed by atoms with E-state index in [0.717, 1.165) is 41.1 Å². The van der Waals surface area contributed by atoms with E-state index in [1.807, 2.05) is 18.2 Å². The molecule has 3 N–H and O–H groups in total. The molecule has 0 aliphatic carbocycles. The van der Waals surface area contributed by atoms with Crippen molar-refractivity contribution in [3.05, 3.63) is 69.8 Å². The van der Waals surface area contributed by atoms with Crippen molar-refractivity contribution in [2.75, 3.05) is 11.9 Å². The van der Waals surface area contributed by atoms with E-state index < -0.39 is 0 Å². The fraction of sp³-hybridized carbons (Fsp3) is 0.222. The summed E-state index contributed by atoms with van der Waals surface area (Å²) in [6, 6.07) is 11.5. The summed E-state index contributed by atoms with van der Waals surface area (Å²) < 4.78 is 5.56. The largest absolute Gasteiger partial charge is 0.381 e. The highest BCUT2D eigenvalue weighted by molar-refractivity contribution is 5.68. The molecule has 0 atom stereocenters. The number of hydrogen-bond acceptors (Lipinski definition) is 4. The van der Waals surface area contributed by atoms with Gasteiger partial charge in [-0.2, -0.15) is 5.10 Å². The highest BCUT2D eigenvalue weighted by Crippen LogP contribution is 2.28. The van der Waals surface area contributed by atoms with Crippen molar-refractivity contribution in [1.29, 1.82) is 0 Å². The Morgan fingerprint density at radius 3 is 3.08 bits per heavy atom. The van der Waals surface area contributed by atoms with Crippen molar-refractivity contribution in [1.82, 2.24) is 15.2 Å². The minimum absolute atomic E-state index is 0.0914. The van der Waals surface area contributed by atoms with Gasteiger partial charge in [0.1, 0.15) is 0 Å². The van der Waals surface area contributed by atoms with Crippen LogP contribution in [0.2, 0.25) is 0 Å². The number of rotatable bonds is 4. The van der Waals surface area contributed by atoms with Crippen LogP contribution in [0, 0.1) is 0 Å². The first-order valence-corrected chi connectivity index (χ1v) is 7.95. The van der Waals surface area contributed by atoms with Gasteiger partial charge in [0, 0.05) is 47.7 Å². The molecule has 0 saturated heterocycles. The first-order valence-electron chi connectivity index (χ1n) is 7.95. The van der Waals surface area contributed by atoms with Gasteiger partial charge in [-0.05, 0) is 17.7 Å². The molecule has 2 aromatic heterocycles. The van der Waals surface area contributed by atoms with E-state index in [1.54, 1.807) is 6.20 Å². The van der Waals surface area contributed by atoms with Gasteiger partial charge in [-0.15, -0.1) is 0 Å². The molecular formula is C18H18N4O2. The Morgan fingerprint density at radius 2 is 2.21 bits per heavy atom. The molecule has 0 fully saturated rings. The molecular weight excluding hydrogens is 304 g/mol. The maximum Gasteiger partial charge on any atom is 0.247 e. The third-order valence-corrected chi connectivity index (χ3v) is 4.18. The molecule has 6 heteroatoms. The topological polar surface area (TPSA) is 82.8 Å². The Kier molecular flexibility index (Phi) is 3.88. The van der Waals surface area contributed by atoms with E-state index in [9.17, 15) is 4.79 Å². The van der Waals surface area contributed by atoms with Crippen LogP contribution in [-0.2, 0) is 24.3 Å². The number of hydrogen-bond donors (Lipinski definition) is 3. The second kappa shape index (κ2) is 6.33. The van der Waals surface area contributed by atoms with Gasteiger partial charge in [0.15, 0.2) is 0 Å². The van der Waals surface area contributed by atoms with E-state index in [2.05, 4.69) is 32.6 Å². The maximum atomic E-state index is 11.1. The van der Waals surface area contributed by atoms with Crippen LogP contribution in [0.5, 0.6) is 0 Å². The lowest BCUT2D eigenvalue weighted by Gasteiger charge is -2.13. The van der Waals surface area contributed by atoms with Crippen molar-refractivity contribution < 1.29 is 4.74 Å². The van der Waals surface area contributed by atoms with Gasteiger partial charge in [-0.1, -0.05) is 18.2 Å². The fourth-order valence-corrected chi connectivity index (χ4v) is 2.88. The molecule has 0 unspecified atom stereocenters. The van der Waals surface area contributed by atoms with Gasteiger partial charge in [-0.3, -0.25) is 9.89 Å². The number of benzene rings is 1. The molecule has 0 amide bonds. The van der Waals surface area contributed by atoms with Crippen molar-refractivity contribution in [2.45, 2.75) is 19.6 Å². The summed E-state index contributed by atoms with van der Waals surface area (Å²) in [4.78, 5) is 13.8. The lowest BCUT2D eigenvalue weighted by molar-refractivity contribution is 0.110. The van der Waals surface area contributed by atoms with E-state index in [4.69, 9.17) is 4.74 Å². The maximum absolute atomic E-state index is 11.1.